The predicted octanol–water partition coefficient (Wildman–Crippen LogP) is 4.84. The van der Waals surface area contributed by atoms with Gasteiger partial charge in [-0.3, -0.25) is 9.97 Å². The molecule has 0 unspecified atom stereocenters. The van der Waals surface area contributed by atoms with Gasteiger partial charge in [-0.2, -0.15) is 0 Å². The van der Waals surface area contributed by atoms with Gasteiger partial charge in [0.05, 0.1) is 17.4 Å². The van der Waals surface area contributed by atoms with Gasteiger partial charge in [-0.25, -0.2) is 4.39 Å². The first kappa shape index (κ1) is 14.6. The van der Waals surface area contributed by atoms with Crippen molar-refractivity contribution in [1.29, 1.82) is 0 Å². The number of halogens is 1. The van der Waals surface area contributed by atoms with Gasteiger partial charge in [0.15, 0.2) is 0 Å². The Balaban J connectivity index is 1.94. The number of aryl methyl sites for hydroxylation is 2. The number of nitrogens with zero attached hydrogens (tertiary/aromatic N) is 3. The van der Waals surface area contributed by atoms with Crippen LogP contribution in [0.25, 0.3) is 27.7 Å². The molecule has 24 heavy (non-hydrogen) atoms. The largest absolute Gasteiger partial charge is 0.315 e. The van der Waals surface area contributed by atoms with Gasteiger partial charge in [-0.15, -0.1) is 0 Å². The molecular formula is C20H16FN3. The summed E-state index contributed by atoms with van der Waals surface area (Å²) in [6.07, 6.45) is 8.94. The van der Waals surface area contributed by atoms with Gasteiger partial charge in [-0.1, -0.05) is 0 Å². The van der Waals surface area contributed by atoms with Crippen LogP contribution in [-0.2, 0) is 0 Å². The molecular weight excluding hydrogens is 301 g/mol. The van der Waals surface area contributed by atoms with E-state index in [1.54, 1.807) is 30.9 Å². The summed E-state index contributed by atoms with van der Waals surface area (Å²) in [4.78, 5) is 8.31. The summed E-state index contributed by atoms with van der Waals surface area (Å²) in [6.45, 7) is 3.98. The van der Waals surface area contributed by atoms with E-state index in [1.165, 1.54) is 0 Å². The molecule has 0 amide bonds. The quantitative estimate of drug-likeness (QED) is 0.529. The lowest BCUT2D eigenvalue weighted by atomic mass is 10.0. The molecule has 118 valence electrons. The van der Waals surface area contributed by atoms with Crippen molar-refractivity contribution in [2.75, 3.05) is 0 Å². The Bertz CT molecular complexity index is 1050. The number of fused-ring (bicyclic) bond motifs is 1. The molecule has 0 saturated heterocycles. The van der Waals surface area contributed by atoms with Crippen LogP contribution in [0.2, 0.25) is 0 Å². The van der Waals surface area contributed by atoms with Gasteiger partial charge in [-0.05, 0) is 55.3 Å². The lowest BCUT2D eigenvalue weighted by Gasteiger charge is -2.10. The maximum absolute atomic E-state index is 14.8. The van der Waals surface area contributed by atoms with Gasteiger partial charge >= 0.3 is 0 Å². The summed E-state index contributed by atoms with van der Waals surface area (Å²) in [7, 11) is 0. The number of aromatic nitrogens is 3. The number of benzene rings is 1. The molecule has 4 rings (SSSR count). The zero-order valence-electron chi connectivity index (χ0n) is 13.5. The fourth-order valence-corrected chi connectivity index (χ4v) is 3.03. The fourth-order valence-electron chi connectivity index (χ4n) is 3.03. The maximum Gasteiger partial charge on any atom is 0.133 e. The van der Waals surface area contributed by atoms with Gasteiger partial charge in [0.25, 0.3) is 0 Å². The standard InChI is InChI=1S/C20H16FN3/c1-13-3-6-22-11-17(13)16-9-15-5-8-24(19(15)10-18(16)21)20-12-23-7-4-14(20)2/h3-12H,1-2H3. The molecule has 0 fully saturated rings. The molecule has 0 N–H and O–H groups in total. The third-order valence-corrected chi connectivity index (χ3v) is 4.38. The summed E-state index contributed by atoms with van der Waals surface area (Å²) in [5, 5.41) is 0.984. The molecule has 0 bridgehead atoms. The third-order valence-electron chi connectivity index (χ3n) is 4.38. The van der Waals surface area contributed by atoms with E-state index in [9.17, 15) is 4.39 Å². The van der Waals surface area contributed by atoms with E-state index in [4.69, 9.17) is 0 Å². The SMILES string of the molecule is Cc1ccncc1-c1cc2ccn(-c3cnccc3C)c2cc1F. The van der Waals surface area contributed by atoms with Crippen molar-refractivity contribution in [3.05, 3.63) is 78.3 Å². The van der Waals surface area contributed by atoms with E-state index in [-0.39, 0.29) is 5.82 Å². The maximum atomic E-state index is 14.8. The minimum absolute atomic E-state index is 0.250. The van der Waals surface area contributed by atoms with Gasteiger partial charge in [0.2, 0.25) is 0 Å². The first-order chi connectivity index (χ1) is 11.6. The minimum atomic E-state index is -0.250. The Labute approximate surface area is 139 Å². The number of pyridine rings is 2. The summed E-state index contributed by atoms with van der Waals surface area (Å²) >= 11 is 0. The predicted molar refractivity (Wildman–Crippen MR) is 93.7 cm³/mol. The van der Waals surface area contributed by atoms with E-state index in [0.29, 0.717) is 5.56 Å². The Hall–Kier alpha value is -3.01. The van der Waals surface area contributed by atoms with Crippen LogP contribution in [0.5, 0.6) is 0 Å². The second-order valence-corrected chi connectivity index (χ2v) is 5.93. The summed E-state index contributed by atoms with van der Waals surface area (Å²) < 4.78 is 16.8. The highest BCUT2D eigenvalue weighted by Crippen LogP contribution is 2.31. The van der Waals surface area contributed by atoms with Crippen LogP contribution in [0.3, 0.4) is 0 Å². The van der Waals surface area contributed by atoms with E-state index in [2.05, 4.69) is 9.97 Å². The lowest BCUT2D eigenvalue weighted by Crippen LogP contribution is -1.97. The van der Waals surface area contributed by atoms with Gasteiger partial charge < -0.3 is 4.57 Å². The summed E-state index contributed by atoms with van der Waals surface area (Å²) in [5.74, 6) is -0.250. The summed E-state index contributed by atoms with van der Waals surface area (Å²) in [5.41, 5.74) is 5.28. The Morgan fingerprint density at radius 3 is 2.38 bits per heavy atom. The molecule has 3 aromatic heterocycles. The average molecular weight is 317 g/mol. The van der Waals surface area contributed by atoms with E-state index in [1.807, 2.05) is 48.9 Å². The minimum Gasteiger partial charge on any atom is -0.315 e. The average Bonchev–Trinajstić information content (AvgIpc) is 2.98. The first-order valence-electron chi connectivity index (χ1n) is 7.78. The lowest BCUT2D eigenvalue weighted by molar-refractivity contribution is 0.632. The summed E-state index contributed by atoms with van der Waals surface area (Å²) in [6, 6.07) is 9.31. The molecule has 4 heteroatoms. The smallest absolute Gasteiger partial charge is 0.133 e. The molecule has 1 aromatic carbocycles. The Kier molecular flexibility index (Phi) is 3.38. The highest BCUT2D eigenvalue weighted by Gasteiger charge is 2.13. The molecule has 0 radical (unpaired) electrons. The van der Waals surface area contributed by atoms with Crippen molar-refractivity contribution in [3.8, 4) is 16.8 Å². The van der Waals surface area contributed by atoms with Crippen LogP contribution in [0.1, 0.15) is 11.1 Å². The van der Waals surface area contributed by atoms with E-state index < -0.39 is 0 Å². The number of hydrogen-bond donors (Lipinski definition) is 0. The molecule has 0 aliphatic rings. The van der Waals surface area contributed by atoms with Gasteiger partial charge in [0, 0.05) is 41.3 Å². The van der Waals surface area contributed by atoms with Crippen molar-refractivity contribution in [1.82, 2.24) is 14.5 Å². The number of hydrogen-bond acceptors (Lipinski definition) is 2. The van der Waals surface area contributed by atoms with Crippen LogP contribution in [0, 0.1) is 19.7 Å². The van der Waals surface area contributed by atoms with Crippen molar-refractivity contribution in [2.24, 2.45) is 0 Å². The Morgan fingerprint density at radius 2 is 1.62 bits per heavy atom. The van der Waals surface area contributed by atoms with Crippen molar-refractivity contribution in [2.45, 2.75) is 13.8 Å². The fraction of sp³-hybridized carbons (Fsp3) is 0.100. The zero-order valence-corrected chi connectivity index (χ0v) is 13.5. The molecule has 4 aromatic rings. The molecule has 0 atom stereocenters. The normalized spacial score (nSPS) is 11.1. The Morgan fingerprint density at radius 1 is 0.875 bits per heavy atom. The molecule has 0 spiro atoms. The highest BCUT2D eigenvalue weighted by atomic mass is 19.1. The van der Waals surface area contributed by atoms with Crippen LogP contribution in [0.4, 0.5) is 4.39 Å². The van der Waals surface area contributed by atoms with Crippen molar-refractivity contribution in [3.63, 3.8) is 0 Å². The second-order valence-electron chi connectivity index (χ2n) is 5.93. The van der Waals surface area contributed by atoms with Gasteiger partial charge in [0.1, 0.15) is 5.82 Å². The second kappa shape index (κ2) is 5.57. The monoisotopic (exact) mass is 317 g/mol. The van der Waals surface area contributed by atoms with Crippen LogP contribution in [0.15, 0.2) is 61.3 Å². The molecule has 3 nitrogen and oxygen atoms in total. The van der Waals surface area contributed by atoms with Crippen LogP contribution < -0.4 is 0 Å². The molecule has 0 saturated carbocycles. The zero-order chi connectivity index (χ0) is 16.7. The number of rotatable bonds is 2. The van der Waals surface area contributed by atoms with Crippen LogP contribution in [-0.4, -0.2) is 14.5 Å². The van der Waals surface area contributed by atoms with Crippen molar-refractivity contribution >= 4 is 10.9 Å². The van der Waals surface area contributed by atoms with E-state index >= 15 is 0 Å². The molecule has 0 aliphatic carbocycles. The molecule has 3 heterocycles. The third kappa shape index (κ3) is 2.27. The van der Waals surface area contributed by atoms with Crippen molar-refractivity contribution < 1.29 is 4.39 Å². The highest BCUT2D eigenvalue weighted by molar-refractivity contribution is 5.87. The topological polar surface area (TPSA) is 30.7 Å². The van der Waals surface area contributed by atoms with E-state index in [0.717, 1.165) is 33.3 Å². The van der Waals surface area contributed by atoms with Crippen LogP contribution >= 0.6 is 0 Å². The molecule has 0 aliphatic heterocycles. The first-order valence-corrected chi connectivity index (χ1v) is 7.78.